The van der Waals surface area contributed by atoms with Crippen molar-refractivity contribution in [3.63, 3.8) is 0 Å². The highest BCUT2D eigenvalue weighted by atomic mass is 32.2. The lowest BCUT2D eigenvalue weighted by Gasteiger charge is -2.02. The summed E-state index contributed by atoms with van der Waals surface area (Å²) in [7, 11) is -3.17. The van der Waals surface area contributed by atoms with E-state index in [0.29, 0.717) is 5.65 Å². The van der Waals surface area contributed by atoms with Gasteiger partial charge in [-0.05, 0) is 12.1 Å². The quantitative estimate of drug-likeness (QED) is 0.751. The number of hydrogen-bond donors (Lipinski definition) is 0. The Morgan fingerprint density at radius 1 is 1.38 bits per heavy atom. The third kappa shape index (κ3) is 2.27. The Labute approximate surface area is 92.3 Å². The maximum Gasteiger partial charge on any atom is 0.258 e. The maximum atomic E-state index is 11.6. The first kappa shape index (κ1) is 10.8. The molecule has 0 aliphatic rings. The van der Waals surface area contributed by atoms with E-state index in [1.165, 1.54) is 10.5 Å². The molecule has 0 saturated carbocycles. The molecule has 84 valence electrons. The minimum Gasteiger partial charge on any atom is -0.269 e. The number of fused-ring (bicyclic) bond motifs is 1. The van der Waals surface area contributed by atoms with Gasteiger partial charge in [0.15, 0.2) is 9.84 Å². The lowest BCUT2D eigenvalue weighted by Crippen LogP contribution is -2.16. The van der Waals surface area contributed by atoms with Crippen LogP contribution in [0.25, 0.3) is 5.65 Å². The summed E-state index contributed by atoms with van der Waals surface area (Å²) in [6.07, 6.45) is 2.70. The third-order valence-electron chi connectivity index (χ3n) is 2.03. The molecule has 2 rings (SSSR count). The fourth-order valence-electron chi connectivity index (χ4n) is 1.45. The van der Waals surface area contributed by atoms with Crippen LogP contribution in [0.5, 0.6) is 0 Å². The van der Waals surface area contributed by atoms with E-state index in [2.05, 4.69) is 4.98 Å². The number of rotatable bonds is 2. The molecular formula is C10H10N2O3S. The van der Waals surface area contributed by atoms with Crippen LogP contribution >= 0.6 is 0 Å². The third-order valence-corrected chi connectivity index (χ3v) is 2.85. The van der Waals surface area contributed by atoms with Crippen LogP contribution < -0.4 is 5.56 Å². The fourth-order valence-corrected chi connectivity index (χ4v) is 2.13. The van der Waals surface area contributed by atoms with Gasteiger partial charge in [-0.1, -0.05) is 6.07 Å². The van der Waals surface area contributed by atoms with Gasteiger partial charge in [-0.25, -0.2) is 13.4 Å². The van der Waals surface area contributed by atoms with E-state index < -0.39 is 9.84 Å². The van der Waals surface area contributed by atoms with Crippen molar-refractivity contribution in [2.75, 3.05) is 6.26 Å². The number of aromatic nitrogens is 2. The maximum absolute atomic E-state index is 11.6. The Kier molecular flexibility index (Phi) is 2.51. The second kappa shape index (κ2) is 3.71. The predicted octanol–water partition coefficient (Wildman–Crippen LogP) is 0.239. The van der Waals surface area contributed by atoms with E-state index in [4.69, 9.17) is 0 Å². The van der Waals surface area contributed by atoms with Crippen LogP contribution in [0.1, 0.15) is 5.69 Å². The number of nitrogens with zero attached hydrogens (tertiary/aromatic N) is 2. The van der Waals surface area contributed by atoms with Crippen LogP contribution in [-0.4, -0.2) is 24.1 Å². The topological polar surface area (TPSA) is 68.5 Å². The smallest absolute Gasteiger partial charge is 0.258 e. The van der Waals surface area contributed by atoms with E-state index in [-0.39, 0.29) is 17.0 Å². The zero-order valence-electron chi connectivity index (χ0n) is 8.62. The Bertz CT molecular complexity index is 689. The molecule has 0 aliphatic carbocycles. The van der Waals surface area contributed by atoms with Crippen molar-refractivity contribution in [2.24, 2.45) is 0 Å². The van der Waals surface area contributed by atoms with E-state index in [0.717, 1.165) is 6.26 Å². The van der Waals surface area contributed by atoms with Gasteiger partial charge in [0.25, 0.3) is 5.56 Å². The summed E-state index contributed by atoms with van der Waals surface area (Å²) in [4.78, 5) is 15.7. The first-order valence-electron chi connectivity index (χ1n) is 4.61. The Hall–Kier alpha value is -1.69. The Morgan fingerprint density at radius 3 is 2.81 bits per heavy atom. The van der Waals surface area contributed by atoms with Crippen molar-refractivity contribution >= 4 is 15.5 Å². The van der Waals surface area contributed by atoms with Crippen LogP contribution in [0.4, 0.5) is 0 Å². The summed E-state index contributed by atoms with van der Waals surface area (Å²) in [6.45, 7) is 0. The molecule has 2 aromatic heterocycles. The monoisotopic (exact) mass is 238 g/mol. The molecule has 0 fully saturated rings. The van der Waals surface area contributed by atoms with Crippen LogP contribution in [0.2, 0.25) is 0 Å². The average molecular weight is 238 g/mol. The predicted molar refractivity (Wildman–Crippen MR) is 60.0 cm³/mol. The highest BCUT2D eigenvalue weighted by Crippen LogP contribution is 2.02. The highest BCUT2D eigenvalue weighted by molar-refractivity contribution is 7.89. The number of sulfone groups is 1. The zero-order valence-corrected chi connectivity index (χ0v) is 9.44. The van der Waals surface area contributed by atoms with E-state index in [9.17, 15) is 13.2 Å². The van der Waals surface area contributed by atoms with Crippen LogP contribution in [0, 0.1) is 0 Å². The van der Waals surface area contributed by atoms with Crippen molar-refractivity contribution in [3.8, 4) is 0 Å². The molecule has 0 atom stereocenters. The Balaban J connectivity index is 2.63. The minimum absolute atomic E-state index is 0.215. The molecule has 6 heteroatoms. The van der Waals surface area contributed by atoms with Crippen molar-refractivity contribution in [3.05, 3.63) is 46.5 Å². The molecule has 0 N–H and O–H groups in total. The molecule has 16 heavy (non-hydrogen) atoms. The normalized spacial score (nSPS) is 11.8. The second-order valence-electron chi connectivity index (χ2n) is 3.58. The van der Waals surface area contributed by atoms with E-state index in [1.807, 2.05) is 0 Å². The van der Waals surface area contributed by atoms with Gasteiger partial charge in [-0.2, -0.15) is 0 Å². The fraction of sp³-hybridized carbons (Fsp3) is 0.200. The van der Waals surface area contributed by atoms with Gasteiger partial charge >= 0.3 is 0 Å². The molecular weight excluding hydrogens is 228 g/mol. The van der Waals surface area contributed by atoms with Gasteiger partial charge in [0.2, 0.25) is 0 Å². The summed E-state index contributed by atoms with van der Waals surface area (Å²) in [6, 6.07) is 6.36. The van der Waals surface area contributed by atoms with Gasteiger partial charge in [-0.15, -0.1) is 0 Å². The SMILES string of the molecule is CS(=O)(=O)Cc1cc(=O)n2ccccc2n1. The molecule has 0 aliphatic heterocycles. The van der Waals surface area contributed by atoms with Crippen LogP contribution in [0.15, 0.2) is 35.3 Å². The lowest BCUT2D eigenvalue weighted by atomic mass is 10.4. The molecule has 0 amide bonds. The largest absolute Gasteiger partial charge is 0.269 e. The van der Waals surface area contributed by atoms with Crippen LogP contribution in [0.3, 0.4) is 0 Å². The van der Waals surface area contributed by atoms with Crippen molar-refractivity contribution in [2.45, 2.75) is 5.75 Å². The number of pyridine rings is 1. The molecule has 2 aromatic rings. The van der Waals surface area contributed by atoms with E-state index in [1.54, 1.807) is 24.4 Å². The van der Waals surface area contributed by atoms with Gasteiger partial charge in [0.1, 0.15) is 5.65 Å². The van der Waals surface area contributed by atoms with Gasteiger partial charge in [-0.3, -0.25) is 9.20 Å². The van der Waals surface area contributed by atoms with Crippen molar-refractivity contribution < 1.29 is 8.42 Å². The molecule has 0 radical (unpaired) electrons. The molecule has 2 heterocycles. The average Bonchev–Trinajstić information content (AvgIpc) is 2.15. The van der Waals surface area contributed by atoms with E-state index >= 15 is 0 Å². The standard InChI is InChI=1S/C10H10N2O3S/c1-16(14,15)7-8-6-10(13)12-5-3-2-4-9(12)11-8/h2-6H,7H2,1H3. The second-order valence-corrected chi connectivity index (χ2v) is 5.72. The first-order chi connectivity index (χ1) is 7.46. The summed E-state index contributed by atoms with van der Waals surface area (Å²) in [5.41, 5.74) is 0.455. The summed E-state index contributed by atoms with van der Waals surface area (Å²) in [5, 5.41) is 0. The zero-order chi connectivity index (χ0) is 11.8. The molecule has 0 bridgehead atoms. The van der Waals surface area contributed by atoms with Crippen molar-refractivity contribution in [1.82, 2.24) is 9.38 Å². The van der Waals surface area contributed by atoms with Gasteiger partial charge in [0, 0.05) is 18.5 Å². The molecule has 0 saturated heterocycles. The molecule has 0 unspecified atom stereocenters. The minimum atomic E-state index is -3.17. The van der Waals surface area contributed by atoms with Gasteiger partial charge in [0.05, 0.1) is 11.4 Å². The summed E-state index contributed by atoms with van der Waals surface area (Å²) < 4.78 is 23.6. The van der Waals surface area contributed by atoms with Crippen LogP contribution in [-0.2, 0) is 15.6 Å². The van der Waals surface area contributed by atoms with Crippen molar-refractivity contribution in [1.29, 1.82) is 0 Å². The first-order valence-corrected chi connectivity index (χ1v) is 6.67. The summed E-state index contributed by atoms with van der Waals surface area (Å²) >= 11 is 0. The summed E-state index contributed by atoms with van der Waals surface area (Å²) in [5.74, 6) is -0.215. The Morgan fingerprint density at radius 2 is 2.12 bits per heavy atom. The highest BCUT2D eigenvalue weighted by Gasteiger charge is 2.08. The lowest BCUT2D eigenvalue weighted by molar-refractivity contribution is 0.600. The molecule has 0 aromatic carbocycles. The number of hydrogen-bond acceptors (Lipinski definition) is 4. The molecule has 5 nitrogen and oxygen atoms in total. The molecule has 0 spiro atoms. The van der Waals surface area contributed by atoms with Gasteiger partial charge < -0.3 is 0 Å².